The quantitative estimate of drug-likeness (QED) is 0.657. The van der Waals surface area contributed by atoms with Crippen molar-refractivity contribution in [3.8, 4) is 17.0 Å². The van der Waals surface area contributed by atoms with Crippen LogP contribution in [0.15, 0.2) is 53.3 Å². The van der Waals surface area contributed by atoms with Crippen LogP contribution in [0.5, 0.6) is 5.75 Å². The molecule has 0 atom stereocenters. The minimum atomic E-state index is 0. The lowest BCUT2D eigenvalue weighted by Crippen LogP contribution is -1.86. The zero-order valence-corrected chi connectivity index (χ0v) is 13.5. The van der Waals surface area contributed by atoms with Gasteiger partial charge in [-0.15, -0.1) is 17.0 Å². The summed E-state index contributed by atoms with van der Waals surface area (Å²) < 4.78 is 8.23. The molecule has 3 nitrogen and oxygen atoms in total. The Balaban J connectivity index is 0.00000133. The van der Waals surface area contributed by atoms with E-state index in [1.807, 2.05) is 53.2 Å². The van der Waals surface area contributed by atoms with Crippen LogP contribution in [0.2, 0.25) is 0 Å². The first-order chi connectivity index (χ1) is 8.76. The zero-order chi connectivity index (χ0) is 12.5. The van der Waals surface area contributed by atoms with Crippen molar-refractivity contribution in [2.24, 2.45) is 0 Å². The second kappa shape index (κ2) is 5.75. The molecule has 0 aliphatic carbocycles. The van der Waals surface area contributed by atoms with Crippen molar-refractivity contribution in [2.75, 3.05) is 7.11 Å². The van der Waals surface area contributed by atoms with Crippen molar-refractivity contribution < 1.29 is 4.74 Å². The van der Waals surface area contributed by atoms with E-state index in [0.717, 1.165) is 27.1 Å². The molecule has 3 aromatic rings. The fourth-order valence-electron chi connectivity index (χ4n) is 1.85. The lowest BCUT2D eigenvalue weighted by Gasteiger charge is -1.98. The van der Waals surface area contributed by atoms with Crippen LogP contribution in [0.4, 0.5) is 0 Å². The Labute approximate surface area is 130 Å². The van der Waals surface area contributed by atoms with Gasteiger partial charge in [-0.1, -0.05) is 28.1 Å². The molecule has 0 aliphatic heterocycles. The lowest BCUT2D eigenvalue weighted by atomic mass is 10.2. The van der Waals surface area contributed by atoms with Crippen molar-refractivity contribution in [2.45, 2.75) is 0 Å². The molecule has 0 aliphatic rings. The van der Waals surface area contributed by atoms with Gasteiger partial charge >= 0.3 is 0 Å². The van der Waals surface area contributed by atoms with Gasteiger partial charge in [0.25, 0.3) is 0 Å². The molecule has 0 bridgehead atoms. The smallest absolute Gasteiger partial charge is 0.137 e. The Bertz CT molecular complexity index is 692. The second-order valence-electron chi connectivity index (χ2n) is 3.97. The largest absolute Gasteiger partial charge is 0.495 e. The summed E-state index contributed by atoms with van der Waals surface area (Å²) in [6, 6.07) is 12.0. The van der Waals surface area contributed by atoms with Crippen LogP contribution < -0.4 is 4.74 Å². The van der Waals surface area contributed by atoms with E-state index < -0.39 is 0 Å². The summed E-state index contributed by atoms with van der Waals surface area (Å²) >= 11 is 3.43. The van der Waals surface area contributed by atoms with Gasteiger partial charge in [-0.05, 0) is 24.3 Å². The van der Waals surface area contributed by atoms with E-state index in [-0.39, 0.29) is 17.0 Å². The van der Waals surface area contributed by atoms with Crippen molar-refractivity contribution in [3.63, 3.8) is 0 Å². The van der Waals surface area contributed by atoms with Gasteiger partial charge in [-0.25, -0.2) is 4.98 Å². The van der Waals surface area contributed by atoms with Gasteiger partial charge in [0, 0.05) is 16.2 Å². The molecular weight excluding hydrogens is 372 g/mol. The van der Waals surface area contributed by atoms with Crippen LogP contribution in [0.25, 0.3) is 16.9 Å². The number of halogens is 2. The maximum absolute atomic E-state index is 5.20. The number of nitrogens with zero attached hydrogens (tertiary/aromatic N) is 2. The highest BCUT2D eigenvalue weighted by Gasteiger charge is 2.04. The summed E-state index contributed by atoms with van der Waals surface area (Å²) in [7, 11) is 1.66. The zero-order valence-electron chi connectivity index (χ0n) is 10.2. The number of pyridine rings is 1. The van der Waals surface area contributed by atoms with Crippen LogP contribution in [-0.2, 0) is 0 Å². The van der Waals surface area contributed by atoms with Crippen molar-refractivity contribution in [3.05, 3.63) is 53.3 Å². The predicted octanol–water partition coefficient (Wildman–Crippen LogP) is 4.35. The monoisotopic (exact) mass is 382 g/mol. The number of fused-ring (bicyclic) bond motifs is 1. The number of imidazole rings is 1. The first-order valence-corrected chi connectivity index (χ1v) is 6.34. The van der Waals surface area contributed by atoms with E-state index in [1.54, 1.807) is 7.11 Å². The van der Waals surface area contributed by atoms with Crippen LogP contribution in [0.3, 0.4) is 0 Å². The number of ether oxygens (including phenoxy) is 1. The first kappa shape index (κ1) is 14.1. The minimum Gasteiger partial charge on any atom is -0.495 e. The molecule has 0 N–H and O–H groups in total. The summed E-state index contributed by atoms with van der Waals surface area (Å²) in [6.07, 6.45) is 3.92. The number of rotatable bonds is 2. The number of aromatic nitrogens is 2. The number of methoxy groups -OCH3 is 1. The molecule has 0 radical (unpaired) electrons. The van der Waals surface area contributed by atoms with Crippen molar-refractivity contribution in [1.29, 1.82) is 0 Å². The van der Waals surface area contributed by atoms with Gasteiger partial charge < -0.3 is 9.14 Å². The first-order valence-electron chi connectivity index (χ1n) is 5.55. The topological polar surface area (TPSA) is 26.5 Å². The highest BCUT2D eigenvalue weighted by Crippen LogP contribution is 2.22. The molecule has 1 aromatic carbocycles. The van der Waals surface area contributed by atoms with E-state index in [0.29, 0.717) is 0 Å². The number of benzene rings is 1. The molecule has 0 amide bonds. The second-order valence-corrected chi connectivity index (χ2v) is 4.88. The maximum Gasteiger partial charge on any atom is 0.137 e. The number of hydrogen-bond donors (Lipinski definition) is 0. The third-order valence-electron chi connectivity index (χ3n) is 2.80. The Morgan fingerprint density at radius 1 is 1.05 bits per heavy atom. The molecule has 0 saturated heterocycles. The van der Waals surface area contributed by atoms with Crippen LogP contribution in [0, 0.1) is 0 Å². The van der Waals surface area contributed by atoms with Gasteiger partial charge in [0.1, 0.15) is 11.4 Å². The Morgan fingerprint density at radius 2 is 1.79 bits per heavy atom. The maximum atomic E-state index is 5.20. The Hall–Kier alpha value is -1.33. The molecule has 0 spiro atoms. The Kier molecular flexibility index (Phi) is 4.27. The van der Waals surface area contributed by atoms with Gasteiger partial charge in [0.15, 0.2) is 0 Å². The highest BCUT2D eigenvalue weighted by atomic mass is 79.9. The number of hydrogen-bond acceptors (Lipinski definition) is 2. The van der Waals surface area contributed by atoms with E-state index >= 15 is 0 Å². The molecule has 3 rings (SSSR count). The molecule has 0 fully saturated rings. The van der Waals surface area contributed by atoms with Crippen molar-refractivity contribution >= 4 is 38.6 Å². The fourth-order valence-corrected chi connectivity index (χ4v) is 2.12. The van der Waals surface area contributed by atoms with Gasteiger partial charge in [-0.3, -0.25) is 0 Å². The van der Waals surface area contributed by atoms with E-state index in [4.69, 9.17) is 4.74 Å². The summed E-state index contributed by atoms with van der Waals surface area (Å²) in [5, 5.41) is 0. The third kappa shape index (κ3) is 2.82. The predicted molar refractivity (Wildman–Crippen MR) is 85.2 cm³/mol. The van der Waals surface area contributed by atoms with Crippen LogP contribution >= 0.6 is 32.9 Å². The van der Waals surface area contributed by atoms with Gasteiger partial charge in [0.05, 0.1) is 19.0 Å². The van der Waals surface area contributed by atoms with E-state index in [9.17, 15) is 0 Å². The lowest BCUT2D eigenvalue weighted by molar-refractivity contribution is 0.412. The standard InChI is InChI=1S/C14H11BrN2O.BrH/c1-18-12-6-7-14-16-13(9-17(14)8-12)10-2-4-11(15)5-3-10;/h2-9H,1H3;1H. The van der Waals surface area contributed by atoms with Crippen molar-refractivity contribution in [1.82, 2.24) is 9.38 Å². The molecule has 98 valence electrons. The molecule has 19 heavy (non-hydrogen) atoms. The van der Waals surface area contributed by atoms with E-state index in [2.05, 4.69) is 20.9 Å². The normalized spacial score (nSPS) is 10.2. The summed E-state index contributed by atoms with van der Waals surface area (Å²) in [4.78, 5) is 4.58. The SMILES string of the molecule is Br.COc1ccc2nc(-c3ccc(Br)cc3)cn2c1. The van der Waals surface area contributed by atoms with Crippen LogP contribution in [0.1, 0.15) is 0 Å². The summed E-state index contributed by atoms with van der Waals surface area (Å²) in [5.41, 5.74) is 2.96. The molecule has 0 unspecified atom stereocenters. The fraction of sp³-hybridized carbons (Fsp3) is 0.0714. The van der Waals surface area contributed by atoms with Crippen LogP contribution in [-0.4, -0.2) is 16.5 Å². The van der Waals surface area contributed by atoms with E-state index in [1.165, 1.54) is 0 Å². The molecule has 2 aromatic heterocycles. The summed E-state index contributed by atoms with van der Waals surface area (Å²) in [6.45, 7) is 0. The van der Waals surface area contributed by atoms with Gasteiger partial charge in [0.2, 0.25) is 0 Å². The third-order valence-corrected chi connectivity index (χ3v) is 3.33. The molecule has 5 heteroatoms. The van der Waals surface area contributed by atoms with Gasteiger partial charge in [-0.2, -0.15) is 0 Å². The molecule has 0 saturated carbocycles. The average Bonchev–Trinajstić information content (AvgIpc) is 2.82. The highest BCUT2D eigenvalue weighted by molar-refractivity contribution is 9.10. The molecular formula is C14H12Br2N2O. The molecule has 2 heterocycles. The Morgan fingerprint density at radius 3 is 2.47 bits per heavy atom. The summed E-state index contributed by atoms with van der Waals surface area (Å²) in [5.74, 6) is 0.822. The average molecular weight is 384 g/mol. The minimum absolute atomic E-state index is 0.